The van der Waals surface area contributed by atoms with E-state index in [-0.39, 0.29) is 5.91 Å². The summed E-state index contributed by atoms with van der Waals surface area (Å²) in [4.78, 5) is 12.1. The number of hydrazone groups is 1. The van der Waals surface area contributed by atoms with E-state index in [4.69, 9.17) is 9.47 Å². The first-order chi connectivity index (χ1) is 11.2. The number of nitrogens with zero attached hydrogens (tertiary/aromatic N) is 1. The Bertz CT molecular complexity index is 694. The van der Waals surface area contributed by atoms with Crippen molar-refractivity contribution in [3.8, 4) is 11.5 Å². The number of carbonyl (C=O) groups is 1. The summed E-state index contributed by atoms with van der Waals surface area (Å²) >= 11 is 0. The monoisotopic (exact) mass is 312 g/mol. The molecule has 23 heavy (non-hydrogen) atoms. The van der Waals surface area contributed by atoms with Crippen molar-refractivity contribution >= 4 is 12.1 Å². The summed E-state index contributed by atoms with van der Waals surface area (Å²) < 4.78 is 10.3. The van der Waals surface area contributed by atoms with Crippen LogP contribution < -0.4 is 14.9 Å². The van der Waals surface area contributed by atoms with Gasteiger partial charge in [-0.1, -0.05) is 31.2 Å². The Morgan fingerprint density at radius 1 is 1.09 bits per heavy atom. The number of benzene rings is 2. The minimum Gasteiger partial charge on any atom is -0.493 e. The molecule has 2 rings (SSSR count). The lowest BCUT2D eigenvalue weighted by Gasteiger charge is -2.08. The van der Waals surface area contributed by atoms with Crippen LogP contribution in [0.2, 0.25) is 0 Å². The van der Waals surface area contributed by atoms with E-state index >= 15 is 0 Å². The van der Waals surface area contributed by atoms with E-state index in [2.05, 4.69) is 17.5 Å². The number of hydrogen-bond acceptors (Lipinski definition) is 4. The second-order valence-electron chi connectivity index (χ2n) is 4.86. The van der Waals surface area contributed by atoms with Crippen molar-refractivity contribution in [1.29, 1.82) is 0 Å². The van der Waals surface area contributed by atoms with Crippen molar-refractivity contribution in [3.05, 3.63) is 59.2 Å². The van der Waals surface area contributed by atoms with E-state index in [1.54, 1.807) is 31.5 Å². The third-order valence-corrected chi connectivity index (χ3v) is 3.41. The van der Waals surface area contributed by atoms with Crippen molar-refractivity contribution in [2.75, 3.05) is 14.2 Å². The highest BCUT2D eigenvalue weighted by Crippen LogP contribution is 2.27. The smallest absolute Gasteiger partial charge is 0.271 e. The fourth-order valence-corrected chi connectivity index (χ4v) is 2.05. The Hall–Kier alpha value is -2.82. The van der Waals surface area contributed by atoms with E-state index in [0.717, 1.165) is 12.0 Å². The van der Waals surface area contributed by atoms with Gasteiger partial charge >= 0.3 is 0 Å². The normalized spacial score (nSPS) is 10.6. The van der Waals surface area contributed by atoms with Crippen LogP contribution in [0.1, 0.15) is 28.4 Å². The number of nitrogens with one attached hydrogen (secondary N) is 1. The van der Waals surface area contributed by atoms with E-state index in [1.165, 1.54) is 12.7 Å². The maximum absolute atomic E-state index is 12.1. The SMILES string of the molecule is CCc1ccc(/C=N\NC(=O)c2ccc(OC)c(OC)c2)cc1. The standard InChI is InChI=1S/C18H20N2O3/c1-4-13-5-7-14(8-6-13)12-19-20-18(21)15-9-10-16(22-2)17(11-15)23-3/h5-12H,4H2,1-3H3,(H,20,21)/b19-12-. The van der Waals surface area contributed by atoms with Gasteiger partial charge in [0.2, 0.25) is 0 Å². The van der Waals surface area contributed by atoms with Gasteiger partial charge in [-0.15, -0.1) is 0 Å². The van der Waals surface area contributed by atoms with Crippen LogP contribution in [0.3, 0.4) is 0 Å². The van der Waals surface area contributed by atoms with Crippen LogP contribution >= 0.6 is 0 Å². The molecule has 0 saturated carbocycles. The van der Waals surface area contributed by atoms with Crippen LogP contribution in [0.5, 0.6) is 11.5 Å². The zero-order valence-electron chi connectivity index (χ0n) is 13.5. The largest absolute Gasteiger partial charge is 0.493 e. The molecule has 1 amide bonds. The number of aryl methyl sites for hydroxylation is 1. The highest BCUT2D eigenvalue weighted by molar-refractivity contribution is 5.95. The van der Waals surface area contributed by atoms with Crippen molar-refractivity contribution in [1.82, 2.24) is 5.43 Å². The van der Waals surface area contributed by atoms with E-state index in [1.807, 2.05) is 24.3 Å². The maximum atomic E-state index is 12.1. The molecule has 0 radical (unpaired) electrons. The molecule has 0 fully saturated rings. The molecule has 2 aromatic carbocycles. The van der Waals surface area contributed by atoms with Gasteiger partial charge in [-0.25, -0.2) is 5.43 Å². The topological polar surface area (TPSA) is 59.9 Å². The van der Waals surface area contributed by atoms with Gasteiger partial charge in [0.15, 0.2) is 11.5 Å². The second-order valence-corrected chi connectivity index (χ2v) is 4.86. The molecule has 0 unspecified atom stereocenters. The predicted octanol–water partition coefficient (Wildman–Crippen LogP) is 3.03. The van der Waals surface area contributed by atoms with E-state index in [0.29, 0.717) is 17.1 Å². The summed E-state index contributed by atoms with van der Waals surface area (Å²) in [5.74, 6) is 0.759. The summed E-state index contributed by atoms with van der Waals surface area (Å²) in [6.07, 6.45) is 2.60. The first-order valence-corrected chi connectivity index (χ1v) is 7.32. The molecular formula is C18H20N2O3. The van der Waals surface area contributed by atoms with Crippen molar-refractivity contribution < 1.29 is 14.3 Å². The number of carbonyl (C=O) groups excluding carboxylic acids is 1. The fraction of sp³-hybridized carbons (Fsp3) is 0.222. The highest BCUT2D eigenvalue weighted by Gasteiger charge is 2.09. The zero-order valence-corrected chi connectivity index (χ0v) is 13.5. The van der Waals surface area contributed by atoms with Gasteiger partial charge in [0.1, 0.15) is 0 Å². The van der Waals surface area contributed by atoms with Gasteiger partial charge < -0.3 is 9.47 Å². The van der Waals surface area contributed by atoms with Gasteiger partial charge in [-0.05, 0) is 35.7 Å². The molecule has 0 saturated heterocycles. The molecule has 0 spiro atoms. The first kappa shape index (κ1) is 16.5. The van der Waals surface area contributed by atoms with E-state index < -0.39 is 0 Å². The molecule has 0 atom stereocenters. The molecule has 0 aromatic heterocycles. The van der Waals surface area contributed by atoms with Gasteiger partial charge in [-0.2, -0.15) is 5.10 Å². The number of amides is 1. The molecule has 0 aliphatic carbocycles. The van der Waals surface area contributed by atoms with Crippen molar-refractivity contribution in [2.24, 2.45) is 5.10 Å². The fourth-order valence-electron chi connectivity index (χ4n) is 2.05. The van der Waals surface area contributed by atoms with E-state index in [9.17, 15) is 4.79 Å². The molecule has 0 heterocycles. The minimum absolute atomic E-state index is 0.313. The summed E-state index contributed by atoms with van der Waals surface area (Å²) in [7, 11) is 3.07. The van der Waals surface area contributed by atoms with Gasteiger partial charge in [0.25, 0.3) is 5.91 Å². The molecule has 5 heteroatoms. The Morgan fingerprint density at radius 3 is 2.39 bits per heavy atom. The Balaban J connectivity index is 2.02. The van der Waals surface area contributed by atoms with Crippen molar-refractivity contribution in [3.63, 3.8) is 0 Å². The Labute approximate surface area is 135 Å². The summed E-state index contributed by atoms with van der Waals surface area (Å²) in [5.41, 5.74) is 5.13. The average Bonchev–Trinajstić information content (AvgIpc) is 2.61. The van der Waals surface area contributed by atoms with Gasteiger partial charge in [0.05, 0.1) is 20.4 Å². The average molecular weight is 312 g/mol. The van der Waals surface area contributed by atoms with Crippen molar-refractivity contribution in [2.45, 2.75) is 13.3 Å². The molecule has 2 aromatic rings. The van der Waals surface area contributed by atoms with Gasteiger partial charge in [0, 0.05) is 5.56 Å². The van der Waals surface area contributed by atoms with Crippen LogP contribution in [0.25, 0.3) is 0 Å². The molecular weight excluding hydrogens is 292 g/mol. The summed E-state index contributed by atoms with van der Waals surface area (Å²) in [6, 6.07) is 13.0. The van der Waals surface area contributed by atoms with Crippen LogP contribution in [0.15, 0.2) is 47.6 Å². The third-order valence-electron chi connectivity index (χ3n) is 3.41. The number of rotatable bonds is 6. The van der Waals surface area contributed by atoms with Gasteiger partial charge in [-0.3, -0.25) is 4.79 Å². The third kappa shape index (κ3) is 4.32. The Morgan fingerprint density at radius 2 is 1.78 bits per heavy atom. The lowest BCUT2D eigenvalue weighted by Crippen LogP contribution is -2.17. The zero-order chi connectivity index (χ0) is 16.7. The lowest BCUT2D eigenvalue weighted by molar-refractivity contribution is 0.0954. The molecule has 0 aliphatic heterocycles. The first-order valence-electron chi connectivity index (χ1n) is 7.32. The second kappa shape index (κ2) is 7.98. The summed E-state index contributed by atoms with van der Waals surface area (Å²) in [6.45, 7) is 2.10. The summed E-state index contributed by atoms with van der Waals surface area (Å²) in [5, 5.41) is 3.97. The Kier molecular flexibility index (Phi) is 5.74. The highest BCUT2D eigenvalue weighted by atomic mass is 16.5. The lowest BCUT2D eigenvalue weighted by atomic mass is 10.1. The van der Waals surface area contributed by atoms with Crippen LogP contribution in [0.4, 0.5) is 0 Å². The number of ether oxygens (including phenoxy) is 2. The molecule has 5 nitrogen and oxygen atoms in total. The minimum atomic E-state index is -0.313. The number of hydrogen-bond donors (Lipinski definition) is 1. The van der Waals surface area contributed by atoms with Crippen LogP contribution in [0, 0.1) is 0 Å². The number of methoxy groups -OCH3 is 2. The van der Waals surface area contributed by atoms with Crippen LogP contribution in [-0.2, 0) is 6.42 Å². The molecule has 1 N–H and O–H groups in total. The maximum Gasteiger partial charge on any atom is 0.271 e. The predicted molar refractivity (Wildman–Crippen MR) is 90.4 cm³/mol. The quantitative estimate of drug-likeness (QED) is 0.659. The molecule has 0 bridgehead atoms. The molecule has 120 valence electrons. The molecule has 0 aliphatic rings. The van der Waals surface area contributed by atoms with Crippen LogP contribution in [-0.4, -0.2) is 26.3 Å².